The highest BCUT2D eigenvalue weighted by Crippen LogP contribution is 2.42. The van der Waals surface area contributed by atoms with Gasteiger partial charge in [0.05, 0.1) is 53.5 Å². The van der Waals surface area contributed by atoms with E-state index in [1.165, 1.54) is 11.3 Å². The topological polar surface area (TPSA) is 105 Å². The molecule has 2 amide bonds. The number of likely N-dealkylation sites (tertiary alicyclic amines) is 1. The number of carboxylic acids is 1. The number of halogens is 2. The lowest BCUT2D eigenvalue weighted by atomic mass is 9.73. The largest absolute Gasteiger partial charge is 0.481 e. The number of amides is 2. The molecule has 1 aliphatic heterocycles. The third-order valence-corrected chi connectivity index (χ3v) is 11.5. The monoisotopic (exact) mass is 672 g/mol. The number of hydrogen-bond donors (Lipinski definition) is 2. The van der Waals surface area contributed by atoms with Gasteiger partial charge in [0.15, 0.2) is 0 Å². The van der Waals surface area contributed by atoms with Crippen molar-refractivity contribution >= 4 is 68.1 Å². The van der Waals surface area contributed by atoms with Crippen LogP contribution in [0.1, 0.15) is 60.9 Å². The summed E-state index contributed by atoms with van der Waals surface area (Å²) in [6, 6.07) is 10.9. The summed E-state index contributed by atoms with van der Waals surface area (Å²) in [6.07, 6.45) is 5.95. The molecule has 0 radical (unpaired) electrons. The highest BCUT2D eigenvalue weighted by molar-refractivity contribution is 7.17. The molecule has 45 heavy (non-hydrogen) atoms. The normalized spacial score (nSPS) is 26.5. The molecule has 2 atom stereocenters. The number of anilines is 1. The summed E-state index contributed by atoms with van der Waals surface area (Å²) >= 11 is 14.8. The number of carboxylic acid groups (broad SMARTS) is 1. The summed E-state index contributed by atoms with van der Waals surface area (Å²) < 4.78 is 12.8. The fourth-order valence-electron chi connectivity index (χ4n) is 7.09. The number of thiophene rings is 1. The van der Waals surface area contributed by atoms with Crippen molar-refractivity contribution in [2.45, 2.75) is 69.6 Å². The van der Waals surface area contributed by atoms with Crippen LogP contribution in [-0.4, -0.2) is 66.3 Å². The van der Waals surface area contributed by atoms with E-state index in [2.05, 4.69) is 5.32 Å². The zero-order chi connectivity index (χ0) is 31.7. The van der Waals surface area contributed by atoms with Crippen molar-refractivity contribution < 1.29 is 29.0 Å². The molecule has 2 N–H and O–H groups in total. The summed E-state index contributed by atoms with van der Waals surface area (Å²) in [5.41, 5.74) is 1.56. The van der Waals surface area contributed by atoms with Gasteiger partial charge >= 0.3 is 5.97 Å². The zero-order valence-electron chi connectivity index (χ0n) is 25.2. The van der Waals surface area contributed by atoms with Crippen molar-refractivity contribution in [1.82, 2.24) is 4.90 Å². The van der Waals surface area contributed by atoms with Gasteiger partial charge in [0.25, 0.3) is 5.91 Å². The lowest BCUT2D eigenvalue weighted by Crippen LogP contribution is -2.41. The molecule has 6 rings (SSSR count). The van der Waals surface area contributed by atoms with E-state index in [1.807, 2.05) is 34.5 Å². The Morgan fingerprint density at radius 2 is 1.76 bits per heavy atom. The molecule has 3 aromatic rings. The molecule has 2 aromatic carbocycles. The molecule has 2 saturated carbocycles. The molecule has 1 aromatic heterocycles. The van der Waals surface area contributed by atoms with Gasteiger partial charge < -0.3 is 24.8 Å². The Bertz CT molecular complexity index is 1570. The number of rotatable bonds is 10. The highest BCUT2D eigenvalue weighted by atomic mass is 35.5. The first-order valence-electron chi connectivity index (χ1n) is 15.6. The lowest BCUT2D eigenvalue weighted by Gasteiger charge is -2.38. The van der Waals surface area contributed by atoms with Crippen molar-refractivity contribution in [3.05, 3.63) is 63.0 Å². The fourth-order valence-corrected chi connectivity index (χ4v) is 8.50. The fraction of sp³-hybridized carbons (Fsp3) is 0.500. The zero-order valence-corrected chi connectivity index (χ0v) is 27.5. The van der Waals surface area contributed by atoms with Gasteiger partial charge in [-0.2, -0.15) is 0 Å². The number of carbonyl (C=O) groups is 3. The number of aliphatic carboxylic acids is 1. The van der Waals surface area contributed by atoms with E-state index < -0.39 is 5.97 Å². The standard InChI is InChI=1S/C34H38Cl2N2O6S/c1-43-25-11-20(12-25)22-10-23(17-44-24-8-6-19(7-9-24)34(41)42)38(16-22)32(39)14-21-13-29(36)30(15-28(21)35)37-33(40)27-18-45-31-5-3-2-4-26(27)31/h2-5,13,15,18-20,22-25H,6-12,14,16-17H2,1H3,(H,37,40)(H,41,42)/t19-,20?,22-,23-,24-,25?/m0/s1. The van der Waals surface area contributed by atoms with E-state index in [1.54, 1.807) is 19.2 Å². The molecule has 0 spiro atoms. The maximum Gasteiger partial charge on any atom is 0.306 e. The van der Waals surface area contributed by atoms with Crippen molar-refractivity contribution in [1.29, 1.82) is 0 Å². The number of nitrogens with zero attached hydrogens (tertiary/aromatic N) is 1. The van der Waals surface area contributed by atoms with Gasteiger partial charge in [-0.1, -0.05) is 41.4 Å². The van der Waals surface area contributed by atoms with Crippen molar-refractivity contribution in [2.75, 3.05) is 25.6 Å². The van der Waals surface area contributed by atoms with Crippen LogP contribution in [0.5, 0.6) is 0 Å². The molecule has 0 unspecified atom stereocenters. The number of fused-ring (bicyclic) bond motifs is 1. The Morgan fingerprint density at radius 1 is 1.00 bits per heavy atom. The van der Waals surface area contributed by atoms with Gasteiger partial charge in [-0.25, -0.2) is 0 Å². The Labute approximate surface area is 277 Å². The van der Waals surface area contributed by atoms with Gasteiger partial charge in [0.2, 0.25) is 5.91 Å². The average Bonchev–Trinajstić information content (AvgIpc) is 3.63. The first-order valence-corrected chi connectivity index (χ1v) is 17.3. The van der Waals surface area contributed by atoms with Crippen molar-refractivity contribution in [3.63, 3.8) is 0 Å². The molecule has 1 saturated heterocycles. The van der Waals surface area contributed by atoms with Crippen LogP contribution in [-0.2, 0) is 25.5 Å². The quantitative estimate of drug-likeness (QED) is 0.234. The second-order valence-corrected chi connectivity index (χ2v) is 14.4. The van der Waals surface area contributed by atoms with E-state index in [4.69, 9.17) is 32.7 Å². The highest BCUT2D eigenvalue weighted by Gasteiger charge is 2.44. The van der Waals surface area contributed by atoms with Gasteiger partial charge in [0, 0.05) is 34.1 Å². The van der Waals surface area contributed by atoms with Crippen LogP contribution in [0.25, 0.3) is 10.1 Å². The molecule has 11 heteroatoms. The predicted octanol–water partition coefficient (Wildman–Crippen LogP) is 7.31. The predicted molar refractivity (Wildman–Crippen MR) is 176 cm³/mol. The van der Waals surface area contributed by atoms with Crippen LogP contribution in [0.3, 0.4) is 0 Å². The second-order valence-electron chi connectivity index (χ2n) is 12.6. The number of benzene rings is 2. The molecule has 2 aliphatic carbocycles. The van der Waals surface area contributed by atoms with Crippen LogP contribution in [0.4, 0.5) is 5.69 Å². The molecule has 8 nitrogen and oxygen atoms in total. The smallest absolute Gasteiger partial charge is 0.306 e. The first kappa shape index (κ1) is 32.3. The van der Waals surface area contributed by atoms with Crippen LogP contribution >= 0.6 is 34.5 Å². The van der Waals surface area contributed by atoms with E-state index in [9.17, 15) is 19.5 Å². The van der Waals surface area contributed by atoms with E-state index in [0.29, 0.717) is 64.7 Å². The Morgan fingerprint density at radius 3 is 2.49 bits per heavy atom. The average molecular weight is 674 g/mol. The van der Waals surface area contributed by atoms with Crippen LogP contribution < -0.4 is 5.32 Å². The third-order valence-electron chi connectivity index (χ3n) is 9.90. The van der Waals surface area contributed by atoms with Gasteiger partial charge in [-0.3, -0.25) is 14.4 Å². The number of ether oxygens (including phenoxy) is 2. The maximum absolute atomic E-state index is 13.8. The summed E-state index contributed by atoms with van der Waals surface area (Å²) in [4.78, 5) is 40.2. The molecule has 2 heterocycles. The van der Waals surface area contributed by atoms with E-state index >= 15 is 0 Å². The third kappa shape index (κ3) is 7.18. The molecule has 240 valence electrons. The molecule has 0 bridgehead atoms. The number of hydrogen-bond acceptors (Lipinski definition) is 6. The van der Waals surface area contributed by atoms with Gasteiger partial charge in [-0.05, 0) is 80.5 Å². The summed E-state index contributed by atoms with van der Waals surface area (Å²) in [5, 5.41) is 15.6. The number of carbonyl (C=O) groups excluding carboxylic acids is 2. The van der Waals surface area contributed by atoms with Crippen LogP contribution in [0.2, 0.25) is 10.0 Å². The Hall–Kier alpha value is -2.69. The number of methoxy groups -OCH3 is 1. The van der Waals surface area contributed by atoms with Crippen molar-refractivity contribution in [3.8, 4) is 0 Å². The number of nitrogens with one attached hydrogen (secondary N) is 1. The SMILES string of the molecule is COC1CC([C@H]2C[C@@H](CO[C@H]3CC[C@H](C(=O)O)CC3)N(C(=O)Cc3cc(Cl)c(NC(=O)c4csc5ccccc45)cc3Cl)C2)C1. The van der Waals surface area contributed by atoms with Gasteiger partial charge in [0.1, 0.15) is 0 Å². The molecule has 3 aliphatic rings. The minimum Gasteiger partial charge on any atom is -0.481 e. The first-order chi connectivity index (χ1) is 21.7. The Kier molecular flexibility index (Phi) is 10.0. The summed E-state index contributed by atoms with van der Waals surface area (Å²) in [7, 11) is 1.75. The van der Waals surface area contributed by atoms with Crippen LogP contribution in [0, 0.1) is 17.8 Å². The molecule has 3 fully saturated rings. The van der Waals surface area contributed by atoms with Crippen molar-refractivity contribution in [2.24, 2.45) is 17.8 Å². The maximum atomic E-state index is 13.8. The minimum absolute atomic E-state index is 0.0150. The minimum atomic E-state index is -0.732. The second kappa shape index (κ2) is 14.0. The summed E-state index contributed by atoms with van der Waals surface area (Å²) in [5.74, 6) is -0.447. The Balaban J connectivity index is 1.11. The van der Waals surface area contributed by atoms with Crippen LogP contribution in [0.15, 0.2) is 41.8 Å². The van der Waals surface area contributed by atoms with E-state index in [0.717, 1.165) is 42.2 Å². The summed E-state index contributed by atoms with van der Waals surface area (Å²) in [6.45, 7) is 1.09. The molecular weight excluding hydrogens is 635 g/mol. The lowest BCUT2D eigenvalue weighted by molar-refractivity contribution is -0.144. The van der Waals surface area contributed by atoms with Gasteiger partial charge in [-0.15, -0.1) is 11.3 Å². The molecular formula is C34H38Cl2N2O6S. The van der Waals surface area contributed by atoms with E-state index in [-0.39, 0.29) is 42.4 Å².